The van der Waals surface area contributed by atoms with Crippen LogP contribution in [-0.2, 0) is 26.2 Å². The van der Waals surface area contributed by atoms with Crippen LogP contribution in [0.15, 0.2) is 77.7 Å². The maximum atomic E-state index is 14.0. The molecule has 3 aromatic carbocycles. The molecule has 0 unspecified atom stereocenters. The standard InChI is InChI=1S/C29H33Cl2N3O5S/c1-5-20(2)32-29(36)21(3)33(18-23-24(30)14-11-15-25(23)31)28(35)19-34(26-16-9-10-17-27(26)39-4)40(37,38)22-12-7-6-8-13-22/h6-17,20-21H,5,18-19H2,1-4H3,(H,32,36)/t20-,21-/m1/s1. The molecule has 0 aromatic heterocycles. The van der Waals surface area contributed by atoms with Gasteiger partial charge in [0, 0.05) is 28.2 Å². The van der Waals surface area contributed by atoms with Gasteiger partial charge in [-0.2, -0.15) is 0 Å². The van der Waals surface area contributed by atoms with E-state index in [1.807, 2.05) is 13.8 Å². The highest BCUT2D eigenvalue weighted by Crippen LogP contribution is 2.33. The molecule has 0 saturated carbocycles. The van der Waals surface area contributed by atoms with E-state index in [-0.39, 0.29) is 34.8 Å². The van der Waals surface area contributed by atoms with Crippen molar-refractivity contribution in [2.75, 3.05) is 18.0 Å². The molecule has 1 N–H and O–H groups in total. The van der Waals surface area contributed by atoms with E-state index in [0.717, 1.165) is 4.31 Å². The molecule has 0 radical (unpaired) electrons. The maximum absolute atomic E-state index is 14.0. The summed E-state index contributed by atoms with van der Waals surface area (Å²) in [6.45, 7) is 4.65. The second-order valence-corrected chi connectivity index (χ2v) is 11.9. The van der Waals surface area contributed by atoms with Crippen molar-refractivity contribution in [3.05, 3.63) is 88.4 Å². The highest BCUT2D eigenvalue weighted by atomic mass is 35.5. The van der Waals surface area contributed by atoms with Crippen molar-refractivity contribution in [2.45, 2.75) is 50.7 Å². The fourth-order valence-corrected chi connectivity index (χ4v) is 5.93. The summed E-state index contributed by atoms with van der Waals surface area (Å²) >= 11 is 12.8. The number of hydrogen-bond donors (Lipinski definition) is 1. The van der Waals surface area contributed by atoms with Crippen LogP contribution in [0.3, 0.4) is 0 Å². The van der Waals surface area contributed by atoms with Crippen LogP contribution in [-0.4, -0.2) is 50.9 Å². The van der Waals surface area contributed by atoms with E-state index in [2.05, 4.69) is 5.32 Å². The Bertz CT molecular complexity index is 1420. The van der Waals surface area contributed by atoms with E-state index in [1.165, 1.54) is 24.1 Å². The Morgan fingerprint density at radius 1 is 0.925 bits per heavy atom. The number of hydrogen-bond acceptors (Lipinski definition) is 5. The molecule has 2 amide bonds. The third-order valence-corrected chi connectivity index (χ3v) is 9.00. The molecule has 3 aromatic rings. The molecule has 40 heavy (non-hydrogen) atoms. The molecular weight excluding hydrogens is 573 g/mol. The predicted octanol–water partition coefficient (Wildman–Crippen LogP) is 5.53. The van der Waals surface area contributed by atoms with Gasteiger partial charge >= 0.3 is 0 Å². The zero-order chi connectivity index (χ0) is 29.4. The Labute approximate surface area is 245 Å². The number of methoxy groups -OCH3 is 1. The van der Waals surface area contributed by atoms with E-state index in [4.69, 9.17) is 27.9 Å². The van der Waals surface area contributed by atoms with Crippen LogP contribution in [0.25, 0.3) is 0 Å². The molecule has 0 aliphatic rings. The molecular formula is C29H33Cl2N3O5S. The van der Waals surface area contributed by atoms with Crippen molar-refractivity contribution < 1.29 is 22.7 Å². The minimum Gasteiger partial charge on any atom is -0.495 e. The lowest BCUT2D eigenvalue weighted by atomic mass is 10.1. The summed E-state index contributed by atoms with van der Waals surface area (Å²) in [7, 11) is -2.80. The molecule has 11 heteroatoms. The van der Waals surface area contributed by atoms with Crippen molar-refractivity contribution in [1.82, 2.24) is 10.2 Å². The van der Waals surface area contributed by atoms with Gasteiger partial charge in [0.1, 0.15) is 18.3 Å². The lowest BCUT2D eigenvalue weighted by Gasteiger charge is -2.33. The first-order valence-corrected chi connectivity index (χ1v) is 14.9. The van der Waals surface area contributed by atoms with Crippen molar-refractivity contribution in [3.63, 3.8) is 0 Å². The third-order valence-electron chi connectivity index (χ3n) is 6.52. The quantitative estimate of drug-likeness (QED) is 0.293. The molecule has 0 heterocycles. The normalized spacial score (nSPS) is 12.8. The fraction of sp³-hybridized carbons (Fsp3) is 0.310. The number of sulfonamides is 1. The topological polar surface area (TPSA) is 96.0 Å². The first-order valence-electron chi connectivity index (χ1n) is 12.7. The summed E-state index contributed by atoms with van der Waals surface area (Å²) in [6, 6.07) is 18.2. The van der Waals surface area contributed by atoms with Crippen molar-refractivity contribution in [3.8, 4) is 5.75 Å². The minimum atomic E-state index is -4.22. The number of halogens is 2. The zero-order valence-corrected chi connectivity index (χ0v) is 25.1. The number of nitrogens with zero attached hydrogens (tertiary/aromatic N) is 2. The Balaban J connectivity index is 2.09. The molecule has 3 rings (SSSR count). The van der Waals surface area contributed by atoms with Gasteiger partial charge in [-0.3, -0.25) is 13.9 Å². The number of ether oxygens (including phenoxy) is 1. The van der Waals surface area contributed by atoms with Crippen LogP contribution in [0, 0.1) is 0 Å². The zero-order valence-electron chi connectivity index (χ0n) is 22.8. The molecule has 8 nitrogen and oxygen atoms in total. The smallest absolute Gasteiger partial charge is 0.264 e. The van der Waals surface area contributed by atoms with Crippen LogP contribution in [0.4, 0.5) is 5.69 Å². The van der Waals surface area contributed by atoms with Gasteiger partial charge in [0.05, 0.1) is 17.7 Å². The lowest BCUT2D eigenvalue weighted by molar-refractivity contribution is -0.139. The number of anilines is 1. The predicted molar refractivity (Wildman–Crippen MR) is 158 cm³/mol. The summed E-state index contributed by atoms with van der Waals surface area (Å²) in [5.41, 5.74) is 0.617. The monoisotopic (exact) mass is 605 g/mol. The highest BCUT2D eigenvalue weighted by Gasteiger charge is 2.34. The van der Waals surface area contributed by atoms with Crippen LogP contribution in [0.5, 0.6) is 5.75 Å². The van der Waals surface area contributed by atoms with Gasteiger partial charge in [0.25, 0.3) is 10.0 Å². The van der Waals surface area contributed by atoms with Crippen molar-refractivity contribution in [1.29, 1.82) is 0 Å². The molecule has 0 aliphatic carbocycles. The fourth-order valence-electron chi connectivity index (χ4n) is 3.97. The van der Waals surface area contributed by atoms with Gasteiger partial charge in [-0.05, 0) is 56.7 Å². The van der Waals surface area contributed by atoms with Crippen LogP contribution in [0.2, 0.25) is 10.0 Å². The average molecular weight is 607 g/mol. The maximum Gasteiger partial charge on any atom is 0.264 e. The van der Waals surface area contributed by atoms with Crippen LogP contribution < -0.4 is 14.4 Å². The SMILES string of the molecule is CC[C@@H](C)NC(=O)[C@@H](C)N(Cc1c(Cl)cccc1Cl)C(=O)CN(c1ccccc1OC)S(=O)(=O)c1ccccc1. The third kappa shape index (κ3) is 7.27. The number of amides is 2. The van der Waals surface area contributed by atoms with Gasteiger partial charge in [0.15, 0.2) is 0 Å². The minimum absolute atomic E-state index is 0.00281. The Hall–Kier alpha value is -3.27. The summed E-state index contributed by atoms with van der Waals surface area (Å²) in [4.78, 5) is 28.5. The van der Waals surface area contributed by atoms with E-state index < -0.39 is 28.5 Å². The summed E-state index contributed by atoms with van der Waals surface area (Å²) in [5, 5.41) is 3.52. The Morgan fingerprint density at radius 3 is 2.12 bits per heavy atom. The van der Waals surface area contributed by atoms with Gasteiger partial charge in [0.2, 0.25) is 11.8 Å². The van der Waals surface area contributed by atoms with Crippen molar-refractivity contribution >= 4 is 50.7 Å². The first kappa shape index (κ1) is 31.3. The van der Waals surface area contributed by atoms with Crippen LogP contribution >= 0.6 is 23.2 Å². The van der Waals surface area contributed by atoms with Gasteiger partial charge in [-0.25, -0.2) is 8.42 Å². The van der Waals surface area contributed by atoms with Crippen molar-refractivity contribution in [2.24, 2.45) is 0 Å². The molecule has 0 spiro atoms. The van der Waals surface area contributed by atoms with Gasteiger partial charge < -0.3 is 15.0 Å². The highest BCUT2D eigenvalue weighted by molar-refractivity contribution is 7.92. The van der Waals surface area contributed by atoms with E-state index in [9.17, 15) is 18.0 Å². The molecule has 0 aliphatic heterocycles. The largest absolute Gasteiger partial charge is 0.495 e. The van der Waals surface area contributed by atoms with E-state index in [0.29, 0.717) is 22.0 Å². The van der Waals surface area contributed by atoms with E-state index >= 15 is 0 Å². The lowest BCUT2D eigenvalue weighted by Crippen LogP contribution is -2.52. The molecule has 0 bridgehead atoms. The van der Waals surface area contributed by atoms with E-state index in [1.54, 1.807) is 67.6 Å². The summed E-state index contributed by atoms with van der Waals surface area (Å²) < 4.78 is 34.2. The average Bonchev–Trinajstić information content (AvgIpc) is 2.95. The molecule has 0 fully saturated rings. The molecule has 214 valence electrons. The molecule has 0 saturated heterocycles. The van der Waals surface area contributed by atoms with Crippen LogP contribution in [0.1, 0.15) is 32.8 Å². The number of carbonyl (C=O) groups is 2. The molecule has 2 atom stereocenters. The number of carbonyl (C=O) groups excluding carboxylic acids is 2. The summed E-state index contributed by atoms with van der Waals surface area (Å²) in [6.07, 6.45) is 0.694. The van der Waals surface area contributed by atoms with Gasteiger partial charge in [-0.1, -0.05) is 66.5 Å². The Morgan fingerprint density at radius 2 is 1.52 bits per heavy atom. The number of benzene rings is 3. The van der Waals surface area contributed by atoms with Gasteiger partial charge in [-0.15, -0.1) is 0 Å². The first-order chi connectivity index (χ1) is 19.0. The summed E-state index contributed by atoms with van der Waals surface area (Å²) in [5.74, 6) is -0.757. The number of rotatable bonds is 12. The second kappa shape index (κ2) is 13.9. The second-order valence-electron chi connectivity index (χ2n) is 9.21. The Kier molecular flexibility index (Phi) is 10.8. The number of para-hydroxylation sites is 2. The number of nitrogens with one attached hydrogen (secondary N) is 1.